The first-order valence-electron chi connectivity index (χ1n) is 8.40. The van der Waals surface area contributed by atoms with Crippen LogP contribution in [0.5, 0.6) is 5.75 Å². The minimum atomic E-state index is 0.172. The summed E-state index contributed by atoms with van der Waals surface area (Å²) in [4.78, 5) is 14.4. The molecule has 4 heteroatoms. The second-order valence-electron chi connectivity index (χ2n) is 6.19. The lowest BCUT2D eigenvalue weighted by Crippen LogP contribution is -2.45. The summed E-state index contributed by atoms with van der Waals surface area (Å²) in [7, 11) is 0. The molecule has 1 aromatic rings. The van der Waals surface area contributed by atoms with E-state index in [0.29, 0.717) is 12.6 Å². The average Bonchev–Trinajstić information content (AvgIpc) is 2.53. The molecule has 1 heterocycles. The summed E-state index contributed by atoms with van der Waals surface area (Å²) in [6.45, 7) is 7.44. The Morgan fingerprint density at radius 1 is 1.32 bits per heavy atom. The molecule has 1 aliphatic rings. The molecule has 22 heavy (non-hydrogen) atoms. The summed E-state index contributed by atoms with van der Waals surface area (Å²) in [5.41, 5.74) is 0.953. The van der Waals surface area contributed by atoms with Crippen LogP contribution in [0, 0.1) is 0 Å². The molecule has 1 amide bonds. The Morgan fingerprint density at radius 3 is 2.68 bits per heavy atom. The van der Waals surface area contributed by atoms with Gasteiger partial charge in [-0.3, -0.25) is 4.79 Å². The van der Waals surface area contributed by atoms with E-state index in [1.54, 1.807) is 0 Å². The van der Waals surface area contributed by atoms with Gasteiger partial charge < -0.3 is 15.0 Å². The Hall–Kier alpha value is -1.71. The number of benzene rings is 1. The van der Waals surface area contributed by atoms with Crippen LogP contribution in [0.25, 0.3) is 0 Å². The summed E-state index contributed by atoms with van der Waals surface area (Å²) in [5, 5.41) is 3.22. The smallest absolute Gasteiger partial charge is 0.242 e. The topological polar surface area (TPSA) is 41.6 Å². The van der Waals surface area contributed by atoms with Crippen LogP contribution >= 0.6 is 0 Å². The van der Waals surface area contributed by atoms with Crippen LogP contribution in [0.4, 0.5) is 5.69 Å². The number of nitrogens with zero attached hydrogens (tertiary/aromatic N) is 1. The van der Waals surface area contributed by atoms with Crippen molar-refractivity contribution in [1.82, 2.24) is 4.90 Å². The van der Waals surface area contributed by atoms with Gasteiger partial charge in [-0.05, 0) is 63.8 Å². The van der Waals surface area contributed by atoms with E-state index >= 15 is 0 Å². The fraction of sp³-hybridized carbons (Fsp3) is 0.611. The molecule has 1 aromatic carbocycles. The van der Waals surface area contributed by atoms with E-state index in [9.17, 15) is 4.79 Å². The molecule has 1 atom stereocenters. The monoisotopic (exact) mass is 304 g/mol. The number of hydrogen-bond donors (Lipinski definition) is 1. The molecule has 0 aliphatic carbocycles. The molecule has 0 spiro atoms. The van der Waals surface area contributed by atoms with E-state index < -0.39 is 0 Å². The third kappa shape index (κ3) is 4.65. The number of ether oxygens (including phenoxy) is 1. The van der Waals surface area contributed by atoms with E-state index in [2.05, 4.69) is 12.2 Å². The zero-order valence-corrected chi connectivity index (χ0v) is 14.0. The first-order chi connectivity index (χ1) is 10.6. The molecule has 0 saturated carbocycles. The second kappa shape index (κ2) is 8.06. The number of amides is 1. The third-order valence-corrected chi connectivity index (χ3v) is 4.09. The molecular weight excluding hydrogens is 276 g/mol. The molecule has 2 rings (SSSR count). The Bertz CT molecular complexity index is 470. The van der Waals surface area contributed by atoms with Gasteiger partial charge in [0.25, 0.3) is 0 Å². The zero-order chi connectivity index (χ0) is 15.9. The molecule has 122 valence electrons. The number of nitrogens with one attached hydrogen (secondary N) is 1. The van der Waals surface area contributed by atoms with E-state index in [-0.39, 0.29) is 12.0 Å². The number of likely N-dealkylation sites (tertiary alicyclic amines) is 1. The summed E-state index contributed by atoms with van der Waals surface area (Å²) < 4.78 is 5.62. The van der Waals surface area contributed by atoms with Crippen molar-refractivity contribution in [3.8, 4) is 5.75 Å². The summed E-state index contributed by atoms with van der Waals surface area (Å²) in [6.07, 6.45) is 4.73. The maximum absolute atomic E-state index is 12.4. The molecule has 0 aromatic heterocycles. The lowest BCUT2D eigenvalue weighted by atomic mass is 10.00. The molecule has 0 radical (unpaired) electrons. The Labute approximate surface area is 133 Å². The highest BCUT2D eigenvalue weighted by molar-refractivity contribution is 5.81. The molecular formula is C18H28N2O2. The number of carbonyl (C=O) groups is 1. The van der Waals surface area contributed by atoms with Gasteiger partial charge in [-0.15, -0.1) is 0 Å². The van der Waals surface area contributed by atoms with Crippen molar-refractivity contribution >= 4 is 11.6 Å². The predicted molar refractivity (Wildman–Crippen MR) is 90.3 cm³/mol. The molecule has 1 fully saturated rings. The third-order valence-electron chi connectivity index (χ3n) is 4.09. The largest absolute Gasteiger partial charge is 0.491 e. The van der Waals surface area contributed by atoms with Gasteiger partial charge >= 0.3 is 0 Å². The standard InChI is InChI=1S/C18H28N2O2/c1-4-16-7-5-6-12-20(16)18(21)13-19-15-8-10-17(11-9-15)22-14(2)3/h8-11,14,16,19H,4-7,12-13H2,1-3H3. The Kier molecular flexibility index (Phi) is 6.10. The number of rotatable bonds is 6. The summed E-state index contributed by atoms with van der Waals surface area (Å²) in [5.74, 6) is 1.06. The van der Waals surface area contributed by atoms with E-state index in [1.807, 2.05) is 43.0 Å². The van der Waals surface area contributed by atoms with Crippen molar-refractivity contribution in [3.05, 3.63) is 24.3 Å². The number of carbonyl (C=O) groups excluding carboxylic acids is 1. The van der Waals surface area contributed by atoms with Gasteiger partial charge in [-0.1, -0.05) is 6.92 Å². The SMILES string of the molecule is CCC1CCCCN1C(=O)CNc1ccc(OC(C)C)cc1. The van der Waals surface area contributed by atoms with Gasteiger partial charge in [0, 0.05) is 18.3 Å². The van der Waals surface area contributed by atoms with Gasteiger partial charge in [0.1, 0.15) is 5.75 Å². The minimum Gasteiger partial charge on any atom is -0.491 e. The maximum Gasteiger partial charge on any atom is 0.242 e. The molecule has 0 bridgehead atoms. The molecule has 1 N–H and O–H groups in total. The number of piperidine rings is 1. The van der Waals surface area contributed by atoms with Crippen LogP contribution in [0.15, 0.2) is 24.3 Å². The highest BCUT2D eigenvalue weighted by atomic mass is 16.5. The van der Waals surface area contributed by atoms with Crippen molar-refractivity contribution in [2.24, 2.45) is 0 Å². The lowest BCUT2D eigenvalue weighted by molar-refractivity contribution is -0.133. The van der Waals surface area contributed by atoms with Crippen molar-refractivity contribution in [1.29, 1.82) is 0 Å². The average molecular weight is 304 g/mol. The van der Waals surface area contributed by atoms with E-state index in [1.165, 1.54) is 6.42 Å². The number of anilines is 1. The van der Waals surface area contributed by atoms with Crippen molar-refractivity contribution in [2.75, 3.05) is 18.4 Å². The van der Waals surface area contributed by atoms with Crippen molar-refractivity contribution in [2.45, 2.75) is 58.6 Å². The zero-order valence-electron chi connectivity index (χ0n) is 14.0. The summed E-state index contributed by atoms with van der Waals surface area (Å²) >= 11 is 0. The van der Waals surface area contributed by atoms with Crippen LogP contribution in [0.3, 0.4) is 0 Å². The van der Waals surface area contributed by atoms with Gasteiger partial charge in [-0.2, -0.15) is 0 Å². The minimum absolute atomic E-state index is 0.172. The van der Waals surface area contributed by atoms with Crippen LogP contribution in [0.1, 0.15) is 46.5 Å². The maximum atomic E-state index is 12.4. The van der Waals surface area contributed by atoms with Gasteiger partial charge in [0.2, 0.25) is 5.91 Å². The lowest BCUT2D eigenvalue weighted by Gasteiger charge is -2.35. The van der Waals surface area contributed by atoms with Gasteiger partial charge in [-0.25, -0.2) is 0 Å². The highest BCUT2D eigenvalue weighted by Crippen LogP contribution is 2.20. The second-order valence-corrected chi connectivity index (χ2v) is 6.19. The van der Waals surface area contributed by atoms with Crippen molar-refractivity contribution in [3.63, 3.8) is 0 Å². The first-order valence-corrected chi connectivity index (χ1v) is 8.40. The first kappa shape index (κ1) is 16.7. The number of hydrogen-bond acceptors (Lipinski definition) is 3. The summed E-state index contributed by atoms with van der Waals surface area (Å²) in [6, 6.07) is 8.20. The van der Waals surface area contributed by atoms with Gasteiger partial charge in [0.05, 0.1) is 12.6 Å². The van der Waals surface area contributed by atoms with Crippen molar-refractivity contribution < 1.29 is 9.53 Å². The molecule has 1 unspecified atom stereocenters. The normalized spacial score (nSPS) is 18.4. The highest BCUT2D eigenvalue weighted by Gasteiger charge is 2.24. The molecule has 4 nitrogen and oxygen atoms in total. The fourth-order valence-electron chi connectivity index (χ4n) is 2.96. The van der Waals surface area contributed by atoms with Crippen LogP contribution in [-0.2, 0) is 4.79 Å². The predicted octanol–water partition coefficient (Wildman–Crippen LogP) is 3.68. The molecule has 1 aliphatic heterocycles. The van der Waals surface area contributed by atoms with Crippen LogP contribution in [-0.4, -0.2) is 36.0 Å². The van der Waals surface area contributed by atoms with E-state index in [0.717, 1.165) is 37.2 Å². The molecule has 1 saturated heterocycles. The Morgan fingerprint density at radius 2 is 2.05 bits per heavy atom. The Balaban J connectivity index is 1.85. The van der Waals surface area contributed by atoms with Gasteiger partial charge in [0.15, 0.2) is 0 Å². The van der Waals surface area contributed by atoms with E-state index in [4.69, 9.17) is 4.74 Å². The fourth-order valence-corrected chi connectivity index (χ4v) is 2.96. The van der Waals surface area contributed by atoms with Crippen LogP contribution in [0.2, 0.25) is 0 Å². The quantitative estimate of drug-likeness (QED) is 0.871. The van der Waals surface area contributed by atoms with Crippen LogP contribution < -0.4 is 10.1 Å².